The fourth-order valence-electron chi connectivity index (χ4n) is 5.84. The third kappa shape index (κ3) is 5.26. The minimum absolute atomic E-state index is 0. The summed E-state index contributed by atoms with van der Waals surface area (Å²) in [6, 6.07) is 30.9. The van der Waals surface area contributed by atoms with Gasteiger partial charge in [-0.15, -0.1) is 23.8 Å². The zero-order chi connectivity index (χ0) is 26.1. The quantitative estimate of drug-likeness (QED) is 0.159. The van der Waals surface area contributed by atoms with Crippen LogP contribution in [0.25, 0.3) is 0 Å². The molecule has 4 aromatic carbocycles. The smallest absolute Gasteiger partial charge is 0.107 e. The van der Waals surface area contributed by atoms with E-state index in [0.29, 0.717) is 0 Å². The summed E-state index contributed by atoms with van der Waals surface area (Å²) in [7, 11) is 0. The van der Waals surface area contributed by atoms with Gasteiger partial charge in [-0.1, -0.05) is 128 Å². The molecule has 0 aliphatic heterocycles. The van der Waals surface area contributed by atoms with Crippen LogP contribution in [0.1, 0.15) is 79.6 Å². The Morgan fingerprint density at radius 3 is 1.31 bits per heavy atom. The zero-order valence-corrected chi connectivity index (χ0v) is 26.0. The second kappa shape index (κ2) is 11.1. The summed E-state index contributed by atoms with van der Waals surface area (Å²) in [6.45, 7) is 9.26. The molecule has 0 saturated carbocycles. The highest BCUT2D eigenvalue weighted by Gasteiger charge is 2.33. The minimum atomic E-state index is 0. The fourth-order valence-corrected chi connectivity index (χ4v) is 6.56. The summed E-state index contributed by atoms with van der Waals surface area (Å²) in [6.07, 6.45) is 2.12. The van der Waals surface area contributed by atoms with Gasteiger partial charge in [0.05, 0.1) is 0 Å². The first-order chi connectivity index (χ1) is 17.2. The van der Waals surface area contributed by atoms with Crippen LogP contribution in [-0.4, -0.2) is 0.594 Å². The van der Waals surface area contributed by atoms with Crippen LogP contribution in [-0.2, 0) is 23.7 Å². The topological polar surface area (TPSA) is 0 Å². The molecular weight excluding hydrogens is 683 g/mol. The van der Waals surface area contributed by atoms with Gasteiger partial charge >= 0.3 is 0 Å². The Morgan fingerprint density at radius 1 is 0.556 bits per heavy atom. The number of hydrogen-bond acceptors (Lipinski definition) is 0. The molecule has 0 N–H and O–H groups in total. The molecule has 0 atom stereocenters. The van der Waals surface area contributed by atoms with E-state index < -0.39 is 0 Å². The van der Waals surface area contributed by atoms with Crippen molar-refractivity contribution in [3.63, 3.8) is 0 Å². The molecule has 2 aliphatic rings. The summed E-state index contributed by atoms with van der Waals surface area (Å²) in [4.78, 5) is 0. The highest BCUT2D eigenvalue weighted by atomic mass is 127. The molecule has 0 amide bonds. The van der Waals surface area contributed by atoms with E-state index >= 15 is 0 Å². The van der Waals surface area contributed by atoms with Gasteiger partial charge in [0.1, 0.15) is 0.594 Å². The predicted molar refractivity (Wildman–Crippen MR) is 173 cm³/mol. The highest BCUT2D eigenvalue weighted by molar-refractivity contribution is 14.0. The molecule has 0 unspecified atom stereocenters. The van der Waals surface area contributed by atoms with E-state index in [1.165, 1.54) is 68.3 Å². The van der Waals surface area contributed by atoms with Crippen molar-refractivity contribution in [2.75, 3.05) is 0 Å². The second-order valence-electron chi connectivity index (χ2n) is 10.5. The monoisotopic (exact) mass is 717 g/mol. The maximum absolute atomic E-state index is 5.72. The summed E-state index contributed by atoms with van der Waals surface area (Å²) in [5.74, 6) is 0. The van der Waals surface area contributed by atoms with Gasteiger partial charge < -0.3 is 0 Å². The maximum Gasteiger partial charge on any atom is 0.107 e. The molecule has 0 bridgehead atoms. The second-order valence-corrected chi connectivity index (χ2v) is 12.4. The lowest BCUT2D eigenvalue weighted by Crippen LogP contribution is -2.27. The first kappa shape index (κ1) is 27.6. The number of rotatable bonds is 0. The van der Waals surface area contributed by atoms with Crippen LogP contribution in [0.5, 0.6) is 0 Å². The van der Waals surface area contributed by atoms with Crippen LogP contribution >= 0.6 is 55.6 Å². The lowest BCUT2D eigenvalue weighted by molar-refractivity contribution is 0.609. The molecule has 36 heavy (non-hydrogen) atoms. The maximum atomic E-state index is 5.72. The van der Waals surface area contributed by atoms with E-state index in [1.807, 2.05) is 0 Å². The summed E-state index contributed by atoms with van der Waals surface area (Å²) in [5, 5.41) is 0. The fraction of sp³-hybridized carbons (Fsp3) is 0.273. The number of halogens is 3. The molecule has 0 fully saturated rings. The standard InChI is InChI=1S/C16H14Br2.C16H16.CH4.HI/c1-16(2)14-8-12(17)5-3-10(14)7-11-4-6-13(18)9-15(11)16;1-16(2)14-9-5-3-7-12(14)11-13-8-4-6-10-15(13)16;;/h3-6,8-9H,7H2,1-2H3;3-10H,11H2,1-2H3;1H4;1H/i/hD. The first-order valence-electron chi connectivity index (χ1n) is 12.3. The highest BCUT2D eigenvalue weighted by Crippen LogP contribution is 2.43. The van der Waals surface area contributed by atoms with E-state index in [1.54, 1.807) is 0 Å². The van der Waals surface area contributed by atoms with Gasteiger partial charge in [0.2, 0.25) is 0 Å². The first-order valence-corrected chi connectivity index (χ1v) is 13.5. The molecule has 0 nitrogen and oxygen atoms in total. The van der Waals surface area contributed by atoms with Gasteiger partial charge in [0.25, 0.3) is 0 Å². The van der Waals surface area contributed by atoms with Crippen LogP contribution < -0.4 is 0 Å². The van der Waals surface area contributed by atoms with Gasteiger partial charge in [-0.25, -0.2) is 0 Å². The molecule has 4 aromatic rings. The van der Waals surface area contributed by atoms with Crippen LogP contribution in [0.4, 0.5) is 0 Å². The van der Waals surface area contributed by atoms with Crippen molar-refractivity contribution in [2.24, 2.45) is 0 Å². The number of benzene rings is 4. The van der Waals surface area contributed by atoms with Crippen LogP contribution in [0.3, 0.4) is 0 Å². The summed E-state index contributed by atoms with van der Waals surface area (Å²) in [5.41, 5.74) is 11.9. The summed E-state index contributed by atoms with van der Waals surface area (Å²) < 4.78 is 8.04. The molecule has 2 aliphatic carbocycles. The van der Waals surface area contributed by atoms with Crippen molar-refractivity contribution in [2.45, 2.75) is 58.8 Å². The van der Waals surface area contributed by atoms with Crippen LogP contribution in [0.15, 0.2) is 93.9 Å². The SMILES string of the molecule is C.CC1(C)c2cc(Br)ccc2Cc2ccc(Br)cc21.CC1(C)c2ccccc2Cc2ccccc21.[2H]I. The Kier molecular flexibility index (Phi) is 8.53. The van der Waals surface area contributed by atoms with Gasteiger partial charge in [-0.05, 0) is 81.6 Å². The number of hydrogen-bond donors (Lipinski definition) is 0. The van der Waals surface area contributed by atoms with E-state index in [4.69, 9.17) is 0.594 Å². The van der Waals surface area contributed by atoms with E-state index in [2.05, 4.69) is 144 Å². The van der Waals surface area contributed by atoms with Gasteiger partial charge in [-0.2, -0.15) is 0 Å². The average Bonchev–Trinajstić information content (AvgIpc) is 2.87. The van der Waals surface area contributed by atoms with Crippen LogP contribution in [0, 0.1) is 0 Å². The normalized spacial score (nSPS) is 15.5. The van der Waals surface area contributed by atoms with Crippen molar-refractivity contribution in [1.29, 1.82) is 0.594 Å². The minimum Gasteiger partial charge on any atom is -0.107 e. The molecular formula is C33H35Br2I. The van der Waals surface area contributed by atoms with Gasteiger partial charge in [-0.3, -0.25) is 0 Å². The summed E-state index contributed by atoms with van der Waals surface area (Å²) >= 11 is 8.57. The molecule has 6 rings (SSSR count). The van der Waals surface area contributed by atoms with Crippen molar-refractivity contribution in [3.8, 4) is 0 Å². The Bertz CT molecular complexity index is 1290. The molecule has 0 aromatic heterocycles. The Balaban J connectivity index is 0.000000189. The Hall–Kier alpha value is -1.43. The van der Waals surface area contributed by atoms with Crippen molar-refractivity contribution in [1.82, 2.24) is 0 Å². The van der Waals surface area contributed by atoms with E-state index in [0.717, 1.165) is 21.8 Å². The third-order valence-corrected chi connectivity index (χ3v) is 8.62. The molecule has 0 spiro atoms. The molecule has 0 saturated heterocycles. The third-order valence-electron chi connectivity index (χ3n) is 7.63. The molecule has 0 radical (unpaired) electrons. The van der Waals surface area contributed by atoms with Crippen LogP contribution in [0.2, 0.25) is 0 Å². The lowest BCUT2D eigenvalue weighted by atomic mass is 9.69. The van der Waals surface area contributed by atoms with Gasteiger partial charge in [0, 0.05) is 19.8 Å². The molecule has 3 heteroatoms. The zero-order valence-electron chi connectivity index (χ0n) is 21.6. The molecule has 0 heterocycles. The largest absolute Gasteiger partial charge is 0.107 e. The molecule has 188 valence electrons. The lowest BCUT2D eigenvalue weighted by Gasteiger charge is -2.35. The van der Waals surface area contributed by atoms with Crippen molar-refractivity contribution < 1.29 is 0 Å². The Labute approximate surface area is 251 Å². The Morgan fingerprint density at radius 2 is 0.889 bits per heavy atom. The van der Waals surface area contributed by atoms with E-state index in [9.17, 15) is 0 Å². The van der Waals surface area contributed by atoms with Crippen molar-refractivity contribution >= 4 is 55.6 Å². The average molecular weight is 719 g/mol. The van der Waals surface area contributed by atoms with Gasteiger partial charge in [0.15, 0.2) is 0 Å². The van der Waals surface area contributed by atoms with E-state index in [-0.39, 0.29) is 18.3 Å². The number of fused-ring (bicyclic) bond motifs is 4. The van der Waals surface area contributed by atoms with Crippen molar-refractivity contribution in [3.05, 3.63) is 138 Å². The predicted octanol–water partition coefficient (Wildman–Crippen LogP) is 10.6.